The molecular formula is C23H18BrClN2O5. The van der Waals surface area contributed by atoms with Crippen LogP contribution in [-0.2, 0) is 15.2 Å². The first-order chi connectivity index (χ1) is 15.3. The highest BCUT2D eigenvalue weighted by Crippen LogP contribution is 2.34. The molecule has 0 aromatic heterocycles. The molecule has 3 rings (SSSR count). The van der Waals surface area contributed by atoms with Crippen LogP contribution in [0.15, 0.2) is 82.4 Å². The van der Waals surface area contributed by atoms with E-state index in [-0.39, 0.29) is 10.8 Å². The maximum Gasteiger partial charge on any atom is 0.341 e. The van der Waals surface area contributed by atoms with Crippen molar-refractivity contribution in [1.29, 1.82) is 0 Å². The number of amides is 1. The Morgan fingerprint density at radius 3 is 2.12 bits per heavy atom. The highest BCUT2D eigenvalue weighted by Gasteiger charge is 2.39. The average Bonchev–Trinajstić information content (AvgIpc) is 2.79. The first kappa shape index (κ1) is 23.5. The van der Waals surface area contributed by atoms with Crippen LogP contribution < -0.4 is 10.2 Å². The molecule has 0 saturated heterocycles. The van der Waals surface area contributed by atoms with Crippen molar-refractivity contribution in [2.45, 2.75) is 5.60 Å². The van der Waals surface area contributed by atoms with Gasteiger partial charge in [0.15, 0.2) is 18.0 Å². The average molecular weight is 518 g/mol. The lowest BCUT2D eigenvalue weighted by atomic mass is 9.85. The zero-order chi connectivity index (χ0) is 23.1. The van der Waals surface area contributed by atoms with Crippen LogP contribution in [0.1, 0.15) is 16.7 Å². The van der Waals surface area contributed by atoms with Crippen molar-refractivity contribution >= 4 is 45.6 Å². The van der Waals surface area contributed by atoms with Crippen molar-refractivity contribution in [1.82, 2.24) is 5.43 Å². The number of carboxylic acid groups (broad SMARTS) is 1. The number of hydrazone groups is 1. The molecule has 7 nitrogen and oxygen atoms in total. The molecule has 3 aromatic rings. The lowest BCUT2D eigenvalue weighted by molar-refractivity contribution is -0.139. The van der Waals surface area contributed by atoms with Crippen LogP contribution in [0.25, 0.3) is 0 Å². The summed E-state index contributed by atoms with van der Waals surface area (Å²) < 4.78 is 5.56. The number of nitrogens with zero attached hydrogens (tertiary/aromatic N) is 1. The largest absolute Gasteiger partial charge is 0.479 e. The number of hydrogen-bond acceptors (Lipinski definition) is 5. The second kappa shape index (κ2) is 10.4. The topological polar surface area (TPSA) is 108 Å². The fourth-order valence-electron chi connectivity index (χ4n) is 2.96. The van der Waals surface area contributed by atoms with Crippen LogP contribution in [0, 0.1) is 0 Å². The van der Waals surface area contributed by atoms with Crippen molar-refractivity contribution in [2.75, 3.05) is 6.61 Å². The third-order valence-electron chi connectivity index (χ3n) is 4.45. The van der Waals surface area contributed by atoms with Crippen LogP contribution in [0.4, 0.5) is 0 Å². The predicted octanol–water partition coefficient (Wildman–Crippen LogP) is 3.95. The number of nitrogens with one attached hydrogen (secondary N) is 1. The van der Waals surface area contributed by atoms with Gasteiger partial charge < -0.3 is 14.9 Å². The van der Waals surface area contributed by atoms with Crippen LogP contribution >= 0.6 is 27.5 Å². The van der Waals surface area contributed by atoms with E-state index in [1.54, 1.807) is 66.7 Å². The summed E-state index contributed by atoms with van der Waals surface area (Å²) in [6.07, 6.45) is 1.34. The minimum absolute atomic E-state index is 0.165. The SMILES string of the molecule is O=C(O)COc1c(Cl)cc(/C=N/NC(=O)C(O)(c2ccccc2)c2ccccc2)cc1Br. The molecule has 0 heterocycles. The molecule has 1 amide bonds. The zero-order valence-corrected chi connectivity index (χ0v) is 18.9. The molecular weight excluding hydrogens is 500 g/mol. The summed E-state index contributed by atoms with van der Waals surface area (Å²) in [7, 11) is 0. The predicted molar refractivity (Wildman–Crippen MR) is 124 cm³/mol. The number of aliphatic hydroxyl groups is 1. The maximum absolute atomic E-state index is 13.0. The summed E-state index contributed by atoms with van der Waals surface area (Å²) in [6.45, 7) is -0.542. The van der Waals surface area contributed by atoms with Crippen LogP contribution in [0.5, 0.6) is 5.75 Å². The van der Waals surface area contributed by atoms with Crippen LogP contribution in [0.3, 0.4) is 0 Å². The lowest BCUT2D eigenvalue weighted by Crippen LogP contribution is -2.43. The number of benzene rings is 3. The lowest BCUT2D eigenvalue weighted by Gasteiger charge is -2.27. The van der Waals surface area contributed by atoms with Crippen molar-refractivity contribution in [3.8, 4) is 5.75 Å². The van der Waals surface area contributed by atoms with Crippen molar-refractivity contribution < 1.29 is 24.5 Å². The van der Waals surface area contributed by atoms with Gasteiger partial charge in [-0.1, -0.05) is 72.3 Å². The molecule has 32 heavy (non-hydrogen) atoms. The van der Waals surface area contributed by atoms with Gasteiger partial charge in [-0.25, -0.2) is 10.2 Å². The van der Waals surface area contributed by atoms with Crippen molar-refractivity contribution in [3.63, 3.8) is 0 Å². The molecule has 0 fully saturated rings. The van der Waals surface area contributed by atoms with Gasteiger partial charge in [-0.05, 0) is 44.8 Å². The van der Waals surface area contributed by atoms with Crippen molar-refractivity contribution in [3.05, 3.63) is 99.0 Å². The van der Waals surface area contributed by atoms with Gasteiger partial charge in [-0.15, -0.1) is 0 Å². The fourth-order valence-corrected chi connectivity index (χ4v) is 3.95. The highest BCUT2D eigenvalue weighted by atomic mass is 79.9. The van der Waals surface area contributed by atoms with Gasteiger partial charge in [-0.3, -0.25) is 4.79 Å². The third kappa shape index (κ3) is 5.34. The molecule has 0 aliphatic rings. The molecule has 164 valence electrons. The summed E-state index contributed by atoms with van der Waals surface area (Å²) >= 11 is 9.43. The smallest absolute Gasteiger partial charge is 0.341 e. The van der Waals surface area contributed by atoms with Gasteiger partial charge >= 0.3 is 5.97 Å². The fraction of sp³-hybridized carbons (Fsp3) is 0.0870. The molecule has 0 radical (unpaired) electrons. The van der Waals surface area contributed by atoms with E-state index < -0.39 is 24.1 Å². The molecule has 0 unspecified atom stereocenters. The molecule has 0 aliphatic carbocycles. The summed E-state index contributed by atoms with van der Waals surface area (Å²) in [5, 5.41) is 24.2. The molecule has 3 N–H and O–H groups in total. The van der Waals surface area contributed by atoms with E-state index in [1.807, 2.05) is 0 Å². The van der Waals surface area contributed by atoms with Gasteiger partial charge in [0, 0.05) is 0 Å². The Balaban J connectivity index is 1.82. The molecule has 3 aromatic carbocycles. The zero-order valence-electron chi connectivity index (χ0n) is 16.5. The van der Waals surface area contributed by atoms with Crippen molar-refractivity contribution in [2.24, 2.45) is 5.10 Å². The number of ether oxygens (including phenoxy) is 1. The number of carbonyl (C=O) groups excluding carboxylic acids is 1. The standard InChI is InChI=1S/C23H18BrClN2O5/c24-18-11-15(12-19(25)21(18)32-14-20(28)29)13-26-27-22(30)23(31,16-7-3-1-4-8-16)17-9-5-2-6-10-17/h1-13,31H,14H2,(H,27,30)(H,28,29)/b26-13+. The third-order valence-corrected chi connectivity index (χ3v) is 5.32. The number of rotatable bonds is 8. The van der Waals surface area contributed by atoms with E-state index >= 15 is 0 Å². The van der Waals surface area contributed by atoms with E-state index in [9.17, 15) is 14.7 Å². The quantitative estimate of drug-likeness (QED) is 0.310. The van der Waals surface area contributed by atoms with E-state index in [1.165, 1.54) is 12.3 Å². The Morgan fingerprint density at radius 2 is 1.62 bits per heavy atom. The normalized spacial score (nSPS) is 11.3. The number of hydrogen-bond donors (Lipinski definition) is 3. The summed E-state index contributed by atoms with van der Waals surface area (Å²) in [5.41, 5.74) is 1.72. The Labute approximate surface area is 197 Å². The number of aliphatic carboxylic acids is 1. The molecule has 0 atom stereocenters. The second-order valence-electron chi connectivity index (χ2n) is 6.64. The van der Waals surface area contributed by atoms with E-state index in [0.29, 0.717) is 21.2 Å². The minimum atomic E-state index is -1.95. The van der Waals surface area contributed by atoms with Gasteiger partial charge in [-0.2, -0.15) is 5.10 Å². The molecule has 0 aliphatic heterocycles. The highest BCUT2D eigenvalue weighted by molar-refractivity contribution is 9.10. The van der Waals surface area contributed by atoms with Gasteiger partial charge in [0.25, 0.3) is 5.91 Å². The molecule has 0 spiro atoms. The molecule has 9 heteroatoms. The molecule has 0 saturated carbocycles. The van der Waals surface area contributed by atoms with Gasteiger partial charge in [0.1, 0.15) is 0 Å². The molecule has 0 bridgehead atoms. The van der Waals surface area contributed by atoms with E-state index in [2.05, 4.69) is 26.5 Å². The van der Waals surface area contributed by atoms with Crippen LogP contribution in [0.2, 0.25) is 5.02 Å². The number of carbonyl (C=O) groups is 2. The number of halogens is 2. The monoisotopic (exact) mass is 516 g/mol. The van der Waals surface area contributed by atoms with E-state index in [4.69, 9.17) is 21.4 Å². The van der Waals surface area contributed by atoms with E-state index in [0.717, 1.165) is 0 Å². The van der Waals surface area contributed by atoms with Gasteiger partial charge in [0.2, 0.25) is 0 Å². The first-order valence-electron chi connectivity index (χ1n) is 9.33. The Kier molecular flexibility index (Phi) is 7.63. The first-order valence-corrected chi connectivity index (χ1v) is 10.5. The second-order valence-corrected chi connectivity index (χ2v) is 7.90. The Hall–Kier alpha value is -3.20. The summed E-state index contributed by atoms with van der Waals surface area (Å²) in [4.78, 5) is 23.7. The Bertz CT molecular complexity index is 1080. The number of carboxylic acids is 1. The van der Waals surface area contributed by atoms with Crippen LogP contribution in [-0.4, -0.2) is 34.9 Å². The summed E-state index contributed by atoms with van der Waals surface area (Å²) in [5.74, 6) is -1.69. The minimum Gasteiger partial charge on any atom is -0.479 e. The maximum atomic E-state index is 13.0. The Morgan fingerprint density at radius 1 is 1.06 bits per heavy atom. The summed E-state index contributed by atoms with van der Waals surface area (Å²) in [6, 6.07) is 20.2. The van der Waals surface area contributed by atoms with Gasteiger partial charge in [0.05, 0.1) is 15.7 Å².